The molecule has 4 nitrogen and oxygen atoms in total. The molecule has 0 aromatic heterocycles. The lowest BCUT2D eigenvalue weighted by molar-refractivity contribution is 0.285. The Morgan fingerprint density at radius 2 is 2.14 bits per heavy atom. The van der Waals surface area contributed by atoms with E-state index in [1.807, 2.05) is 32.0 Å². The third-order valence-electron chi connectivity index (χ3n) is 3.61. The van der Waals surface area contributed by atoms with E-state index in [1.54, 1.807) is 13.1 Å². The Labute approximate surface area is 149 Å². The van der Waals surface area contributed by atoms with Crippen molar-refractivity contribution in [3.8, 4) is 5.75 Å². The highest BCUT2D eigenvalue weighted by Gasteiger charge is 2.22. The van der Waals surface area contributed by atoms with Crippen LogP contribution in [0.2, 0.25) is 0 Å². The summed E-state index contributed by atoms with van der Waals surface area (Å²) in [5.41, 5.74) is 0.870. The van der Waals surface area contributed by atoms with Crippen LogP contribution in [-0.2, 0) is 0 Å². The van der Waals surface area contributed by atoms with Crippen LogP contribution in [0.4, 0.5) is 4.39 Å². The smallest absolute Gasteiger partial charge is 0.193 e. The van der Waals surface area contributed by atoms with Crippen molar-refractivity contribution in [1.82, 2.24) is 10.2 Å². The van der Waals surface area contributed by atoms with Gasteiger partial charge in [-0.05, 0) is 43.4 Å². The van der Waals surface area contributed by atoms with E-state index in [0.29, 0.717) is 18.3 Å². The molecule has 1 fully saturated rings. The lowest BCUT2D eigenvalue weighted by Crippen LogP contribution is -2.37. The fourth-order valence-corrected chi connectivity index (χ4v) is 2.07. The number of ether oxygens (including phenoxy) is 1. The van der Waals surface area contributed by atoms with E-state index in [1.165, 1.54) is 18.9 Å². The van der Waals surface area contributed by atoms with Gasteiger partial charge in [0.05, 0.1) is 12.6 Å². The molecule has 1 N–H and O–H groups in total. The van der Waals surface area contributed by atoms with Gasteiger partial charge in [0, 0.05) is 21.1 Å². The number of nitrogens with zero attached hydrogens (tertiary/aromatic N) is 2. The maximum atomic E-state index is 14.1. The first-order valence-electron chi connectivity index (χ1n) is 7.34. The molecule has 0 radical (unpaired) electrons. The van der Waals surface area contributed by atoms with E-state index < -0.39 is 0 Å². The average Bonchev–Trinajstić information content (AvgIpc) is 3.26. The number of aliphatic imine (C=N–C) groups is 1. The van der Waals surface area contributed by atoms with E-state index in [2.05, 4.69) is 10.3 Å². The van der Waals surface area contributed by atoms with Crippen molar-refractivity contribution in [2.45, 2.75) is 25.8 Å². The van der Waals surface area contributed by atoms with E-state index in [9.17, 15) is 4.39 Å². The van der Waals surface area contributed by atoms with Gasteiger partial charge in [0.15, 0.2) is 17.5 Å². The molecule has 1 unspecified atom stereocenters. The molecule has 1 aliphatic carbocycles. The van der Waals surface area contributed by atoms with Crippen LogP contribution in [0.25, 0.3) is 0 Å². The molecule has 6 heteroatoms. The number of benzene rings is 1. The fourth-order valence-electron chi connectivity index (χ4n) is 2.07. The number of guanidine groups is 1. The maximum Gasteiger partial charge on any atom is 0.193 e. The molecule has 2 rings (SSSR count). The van der Waals surface area contributed by atoms with Crippen LogP contribution in [0, 0.1) is 11.7 Å². The fraction of sp³-hybridized carbons (Fsp3) is 0.562. The highest BCUT2D eigenvalue weighted by atomic mass is 127. The highest BCUT2D eigenvalue weighted by Crippen LogP contribution is 2.30. The largest absolute Gasteiger partial charge is 0.490 e. The Morgan fingerprint density at radius 3 is 2.64 bits per heavy atom. The van der Waals surface area contributed by atoms with Crippen molar-refractivity contribution >= 4 is 29.9 Å². The molecule has 1 aliphatic rings. The first kappa shape index (κ1) is 19.0. The van der Waals surface area contributed by atoms with Crippen LogP contribution in [0.15, 0.2) is 23.2 Å². The molecular weight excluding hydrogens is 396 g/mol. The van der Waals surface area contributed by atoms with Gasteiger partial charge in [-0.2, -0.15) is 0 Å². The first-order chi connectivity index (χ1) is 10.0. The minimum absolute atomic E-state index is 0. The number of nitrogens with one attached hydrogen (secondary N) is 1. The number of hydrogen-bond donors (Lipinski definition) is 1. The summed E-state index contributed by atoms with van der Waals surface area (Å²) in [6.45, 7) is 2.60. The Hall–Kier alpha value is -1.05. The van der Waals surface area contributed by atoms with E-state index in [-0.39, 0.29) is 35.8 Å². The van der Waals surface area contributed by atoms with Gasteiger partial charge in [-0.25, -0.2) is 4.39 Å². The molecule has 1 saturated carbocycles. The van der Waals surface area contributed by atoms with Crippen LogP contribution in [0.3, 0.4) is 0 Å². The summed E-state index contributed by atoms with van der Waals surface area (Å²) in [5, 5.41) is 3.26. The van der Waals surface area contributed by atoms with E-state index in [4.69, 9.17) is 4.74 Å². The lowest BCUT2D eigenvalue weighted by Gasteiger charge is -2.22. The summed E-state index contributed by atoms with van der Waals surface area (Å²) in [6, 6.07) is 5.11. The van der Waals surface area contributed by atoms with Gasteiger partial charge in [-0.1, -0.05) is 6.07 Å². The zero-order valence-corrected chi connectivity index (χ0v) is 15.9. The summed E-state index contributed by atoms with van der Waals surface area (Å²) >= 11 is 0. The molecule has 124 valence electrons. The Balaban J connectivity index is 0.00000242. The van der Waals surface area contributed by atoms with Crippen LogP contribution >= 0.6 is 24.0 Å². The number of rotatable bonds is 5. The van der Waals surface area contributed by atoms with Gasteiger partial charge in [-0.15, -0.1) is 24.0 Å². The molecule has 0 saturated heterocycles. The van der Waals surface area contributed by atoms with Gasteiger partial charge >= 0.3 is 0 Å². The average molecular weight is 421 g/mol. The highest BCUT2D eigenvalue weighted by molar-refractivity contribution is 14.0. The van der Waals surface area contributed by atoms with Crippen molar-refractivity contribution < 1.29 is 9.13 Å². The van der Waals surface area contributed by atoms with Crippen molar-refractivity contribution in [3.63, 3.8) is 0 Å². The second kappa shape index (κ2) is 8.55. The molecule has 0 heterocycles. The maximum absolute atomic E-state index is 14.1. The summed E-state index contributed by atoms with van der Waals surface area (Å²) < 4.78 is 19.6. The van der Waals surface area contributed by atoms with Crippen LogP contribution in [-0.4, -0.2) is 38.6 Å². The second-order valence-corrected chi connectivity index (χ2v) is 5.75. The minimum atomic E-state index is -0.304. The molecule has 1 atom stereocenters. The topological polar surface area (TPSA) is 36.9 Å². The molecule has 0 spiro atoms. The molecular formula is C16H25FIN3O. The molecule has 0 aliphatic heterocycles. The number of hydrogen-bond acceptors (Lipinski definition) is 2. The van der Waals surface area contributed by atoms with Crippen LogP contribution in [0.5, 0.6) is 5.75 Å². The predicted molar refractivity (Wildman–Crippen MR) is 98.6 cm³/mol. The molecule has 1 aromatic carbocycles. The summed E-state index contributed by atoms with van der Waals surface area (Å²) in [4.78, 5) is 6.05. The third kappa shape index (κ3) is 5.30. The van der Waals surface area contributed by atoms with Crippen molar-refractivity contribution in [1.29, 1.82) is 0 Å². The van der Waals surface area contributed by atoms with Gasteiger partial charge in [0.2, 0.25) is 0 Å². The zero-order valence-electron chi connectivity index (χ0n) is 13.6. The Kier molecular flexibility index (Phi) is 7.38. The first-order valence-corrected chi connectivity index (χ1v) is 7.34. The summed E-state index contributed by atoms with van der Waals surface area (Å²) in [6.07, 6.45) is 2.40. The lowest BCUT2D eigenvalue weighted by atomic mass is 10.1. The SMILES string of the molecule is CN=C(NC(C)c1ccc(OCC2CC2)c(F)c1)N(C)C.I. The predicted octanol–water partition coefficient (Wildman–Crippen LogP) is 3.43. The quantitative estimate of drug-likeness (QED) is 0.450. The van der Waals surface area contributed by atoms with E-state index >= 15 is 0 Å². The zero-order chi connectivity index (χ0) is 15.4. The Bertz CT molecular complexity index is 518. The molecule has 22 heavy (non-hydrogen) atoms. The monoisotopic (exact) mass is 421 g/mol. The van der Waals surface area contributed by atoms with E-state index in [0.717, 1.165) is 11.5 Å². The summed E-state index contributed by atoms with van der Waals surface area (Å²) in [7, 11) is 5.55. The van der Waals surface area contributed by atoms with Crippen molar-refractivity contribution in [2.75, 3.05) is 27.7 Å². The summed E-state index contributed by atoms with van der Waals surface area (Å²) in [5.74, 6) is 1.42. The van der Waals surface area contributed by atoms with Crippen LogP contribution < -0.4 is 10.1 Å². The van der Waals surface area contributed by atoms with Gasteiger partial charge in [-0.3, -0.25) is 4.99 Å². The van der Waals surface area contributed by atoms with Crippen molar-refractivity contribution in [2.24, 2.45) is 10.9 Å². The van der Waals surface area contributed by atoms with Crippen LogP contribution in [0.1, 0.15) is 31.4 Å². The molecule has 1 aromatic rings. The molecule has 0 bridgehead atoms. The minimum Gasteiger partial charge on any atom is -0.490 e. The number of halogens is 2. The molecule has 0 amide bonds. The van der Waals surface area contributed by atoms with Gasteiger partial charge in [0.25, 0.3) is 0 Å². The van der Waals surface area contributed by atoms with Gasteiger partial charge < -0.3 is 15.0 Å². The third-order valence-corrected chi connectivity index (χ3v) is 3.61. The Morgan fingerprint density at radius 1 is 1.45 bits per heavy atom. The second-order valence-electron chi connectivity index (χ2n) is 5.75. The standard InChI is InChI=1S/C16H24FN3O.HI/c1-11(19-16(18-2)20(3)4)13-7-8-15(14(17)9-13)21-10-12-5-6-12;/h7-9,11-12H,5-6,10H2,1-4H3,(H,18,19);1H. The van der Waals surface area contributed by atoms with Crippen molar-refractivity contribution in [3.05, 3.63) is 29.6 Å². The normalized spacial score (nSPS) is 15.8. The van der Waals surface area contributed by atoms with Gasteiger partial charge in [0.1, 0.15) is 0 Å².